The number of thiazole rings is 1. The van der Waals surface area contributed by atoms with Gasteiger partial charge in [-0.15, -0.1) is 11.3 Å². The molecule has 11 heteroatoms. The number of carbonyl (C=O) groups excluding carboxylic acids is 2. The number of nitrogens with one attached hydrogen (secondary N) is 2. The zero-order valence-electron chi connectivity index (χ0n) is 24.7. The normalized spacial score (nSPS) is 18.5. The third kappa shape index (κ3) is 6.97. The number of piperidine rings is 1. The van der Waals surface area contributed by atoms with Gasteiger partial charge in [-0.1, -0.05) is 37.3 Å². The predicted octanol–water partition coefficient (Wildman–Crippen LogP) is 4.80. The fraction of sp³-hybridized carbons (Fsp3) is 0.500. The molecule has 1 aromatic heterocycles. The van der Waals surface area contributed by atoms with Crippen LogP contribution in [0.25, 0.3) is 21.2 Å². The van der Waals surface area contributed by atoms with Crippen molar-refractivity contribution in [3.8, 4) is 10.4 Å². The van der Waals surface area contributed by atoms with E-state index in [1.807, 2.05) is 24.0 Å². The average Bonchev–Trinajstić information content (AvgIpc) is 3.31. The Kier molecular flexibility index (Phi) is 8.67. The number of carbonyl (C=O) groups is 2. The van der Waals surface area contributed by atoms with Crippen LogP contribution in [-0.4, -0.2) is 65.5 Å². The third-order valence-corrected chi connectivity index (χ3v) is 10.1. The first-order chi connectivity index (χ1) is 19.0. The number of amides is 2. The second kappa shape index (κ2) is 11.4. The molecule has 1 aliphatic rings. The molecule has 0 saturated carbocycles. The molecule has 2 unspecified atom stereocenters. The van der Waals surface area contributed by atoms with E-state index < -0.39 is 27.1 Å². The minimum atomic E-state index is -3.86. The molecule has 0 aliphatic carbocycles. The molecule has 1 saturated heterocycles. The Morgan fingerprint density at radius 1 is 1.07 bits per heavy atom. The first-order valence-corrected chi connectivity index (χ1v) is 16.2. The number of hydrogen-bond acceptors (Lipinski definition) is 7. The van der Waals surface area contributed by atoms with Crippen molar-refractivity contribution in [2.24, 2.45) is 5.92 Å². The van der Waals surface area contributed by atoms with Gasteiger partial charge in [-0.05, 0) is 71.8 Å². The molecule has 41 heavy (non-hydrogen) atoms. The predicted molar refractivity (Wildman–Crippen MR) is 163 cm³/mol. The van der Waals surface area contributed by atoms with Gasteiger partial charge in [0.15, 0.2) is 5.01 Å². The van der Waals surface area contributed by atoms with Crippen molar-refractivity contribution < 1.29 is 23.1 Å². The van der Waals surface area contributed by atoms with E-state index in [4.69, 9.17) is 0 Å². The van der Waals surface area contributed by atoms with Gasteiger partial charge in [0.1, 0.15) is 5.69 Å². The Labute approximate surface area is 246 Å². The zero-order valence-corrected chi connectivity index (χ0v) is 26.4. The molecular formula is C30H40N4O5S2. The lowest BCUT2D eigenvalue weighted by molar-refractivity contribution is 0.0546. The quantitative estimate of drug-likeness (QED) is 0.357. The number of benzene rings is 2. The van der Waals surface area contributed by atoms with E-state index in [1.165, 1.54) is 0 Å². The summed E-state index contributed by atoms with van der Waals surface area (Å²) in [5.41, 5.74) is -1.01. The van der Waals surface area contributed by atoms with E-state index in [0.717, 1.165) is 24.2 Å². The van der Waals surface area contributed by atoms with Gasteiger partial charge in [0.05, 0.1) is 15.4 Å². The van der Waals surface area contributed by atoms with Gasteiger partial charge in [-0.25, -0.2) is 18.1 Å². The van der Waals surface area contributed by atoms with Gasteiger partial charge < -0.3 is 15.3 Å². The SMILES string of the molecule is CC1CCCN(C(=O)c2nc(C(=O)NCC(C)(C)O)sc2-c2ccc(S(=O)(=O)NC(C)(C)C)c3ccccc23)C1C. The molecule has 2 atom stereocenters. The summed E-state index contributed by atoms with van der Waals surface area (Å²) in [7, 11) is -3.86. The van der Waals surface area contributed by atoms with Crippen molar-refractivity contribution in [3.05, 3.63) is 47.1 Å². The summed E-state index contributed by atoms with van der Waals surface area (Å²) < 4.78 is 29.4. The Hall–Kier alpha value is -2.86. The fourth-order valence-electron chi connectivity index (χ4n) is 5.04. The molecule has 222 valence electrons. The number of rotatable bonds is 7. The second-order valence-corrected chi connectivity index (χ2v) is 15.2. The van der Waals surface area contributed by atoms with Crippen molar-refractivity contribution in [2.75, 3.05) is 13.1 Å². The molecule has 0 bridgehead atoms. The third-order valence-electron chi connectivity index (χ3n) is 7.20. The van der Waals surface area contributed by atoms with Crippen molar-refractivity contribution in [1.29, 1.82) is 0 Å². The van der Waals surface area contributed by atoms with Gasteiger partial charge in [0.25, 0.3) is 11.8 Å². The highest BCUT2D eigenvalue weighted by Crippen LogP contribution is 2.39. The molecule has 1 fully saturated rings. The first kappa shape index (κ1) is 31.1. The van der Waals surface area contributed by atoms with Gasteiger partial charge in [-0.2, -0.15) is 0 Å². The average molecular weight is 601 g/mol. The summed E-state index contributed by atoms with van der Waals surface area (Å²) >= 11 is 1.09. The lowest BCUT2D eigenvalue weighted by Gasteiger charge is -2.37. The van der Waals surface area contributed by atoms with E-state index in [9.17, 15) is 23.1 Å². The second-order valence-electron chi connectivity index (χ2n) is 12.6. The molecule has 9 nitrogen and oxygen atoms in total. The van der Waals surface area contributed by atoms with Gasteiger partial charge in [-0.3, -0.25) is 9.59 Å². The number of fused-ring (bicyclic) bond motifs is 1. The molecule has 0 spiro atoms. The smallest absolute Gasteiger partial charge is 0.280 e. The number of likely N-dealkylation sites (tertiary alicyclic amines) is 1. The Morgan fingerprint density at radius 2 is 1.73 bits per heavy atom. The standard InChI is InChI=1S/C30H40N4O5S2/c1-18-11-10-16-34(19(18)2)28(36)24-25(40-27(32-24)26(35)31-17-30(6,7)37)22-14-15-23(21-13-9-8-12-20(21)22)41(38,39)33-29(3,4)5/h8-9,12-15,18-19,33,37H,10-11,16-17H2,1-7H3,(H,31,35). The highest BCUT2D eigenvalue weighted by atomic mass is 32.2. The van der Waals surface area contributed by atoms with Gasteiger partial charge >= 0.3 is 0 Å². The van der Waals surface area contributed by atoms with Gasteiger partial charge in [0, 0.05) is 35.6 Å². The maximum absolute atomic E-state index is 14.0. The minimum absolute atomic E-state index is 0.00556. The highest BCUT2D eigenvalue weighted by molar-refractivity contribution is 7.89. The summed E-state index contributed by atoms with van der Waals surface area (Å²) in [6.07, 6.45) is 1.91. The largest absolute Gasteiger partial charge is 0.389 e. The summed E-state index contributed by atoms with van der Waals surface area (Å²) in [4.78, 5) is 34.1. The summed E-state index contributed by atoms with van der Waals surface area (Å²) in [6.45, 7) is 13.3. The van der Waals surface area contributed by atoms with Crippen LogP contribution in [0, 0.1) is 5.92 Å². The zero-order chi connectivity index (χ0) is 30.3. The van der Waals surface area contributed by atoms with Crippen LogP contribution in [0.5, 0.6) is 0 Å². The van der Waals surface area contributed by atoms with Crippen LogP contribution in [-0.2, 0) is 10.0 Å². The molecule has 1 aliphatic heterocycles. The molecule has 3 N–H and O–H groups in total. The number of hydrogen-bond donors (Lipinski definition) is 3. The highest BCUT2D eigenvalue weighted by Gasteiger charge is 2.34. The fourth-order valence-corrected chi connectivity index (χ4v) is 7.68. The van der Waals surface area contributed by atoms with Crippen LogP contribution < -0.4 is 10.0 Å². The Bertz CT molecular complexity index is 1570. The molecule has 2 heterocycles. The van der Waals surface area contributed by atoms with E-state index in [-0.39, 0.29) is 34.1 Å². The van der Waals surface area contributed by atoms with Crippen LogP contribution in [0.3, 0.4) is 0 Å². The minimum Gasteiger partial charge on any atom is -0.389 e. The Balaban J connectivity index is 1.88. The monoisotopic (exact) mass is 600 g/mol. The molecule has 3 aromatic rings. The van der Waals surface area contributed by atoms with E-state index in [1.54, 1.807) is 58.9 Å². The van der Waals surface area contributed by atoms with E-state index in [2.05, 4.69) is 21.9 Å². The van der Waals surface area contributed by atoms with Crippen molar-refractivity contribution in [1.82, 2.24) is 19.9 Å². The van der Waals surface area contributed by atoms with E-state index in [0.29, 0.717) is 33.7 Å². The number of aromatic nitrogens is 1. The van der Waals surface area contributed by atoms with Crippen molar-refractivity contribution in [3.63, 3.8) is 0 Å². The molecule has 0 radical (unpaired) electrons. The van der Waals surface area contributed by atoms with Crippen LogP contribution in [0.4, 0.5) is 0 Å². The summed E-state index contributed by atoms with van der Waals surface area (Å²) in [5.74, 6) is -0.424. The maximum atomic E-state index is 14.0. The molecule has 2 amide bonds. The van der Waals surface area contributed by atoms with Crippen LogP contribution in [0.1, 0.15) is 81.6 Å². The van der Waals surface area contributed by atoms with Crippen LogP contribution >= 0.6 is 11.3 Å². The number of aliphatic hydroxyl groups is 1. The lowest BCUT2D eigenvalue weighted by Crippen LogP contribution is -2.46. The van der Waals surface area contributed by atoms with Crippen molar-refractivity contribution >= 4 is 43.9 Å². The summed E-state index contributed by atoms with van der Waals surface area (Å²) in [5, 5.41) is 14.0. The van der Waals surface area contributed by atoms with Crippen LogP contribution in [0.2, 0.25) is 0 Å². The van der Waals surface area contributed by atoms with Crippen LogP contribution in [0.15, 0.2) is 41.3 Å². The van der Waals surface area contributed by atoms with Crippen molar-refractivity contribution in [2.45, 2.75) is 83.4 Å². The molecule has 4 rings (SSSR count). The topological polar surface area (TPSA) is 129 Å². The lowest BCUT2D eigenvalue weighted by atomic mass is 9.91. The Morgan fingerprint density at radius 3 is 2.37 bits per heavy atom. The molecular weight excluding hydrogens is 560 g/mol. The maximum Gasteiger partial charge on any atom is 0.280 e. The molecule has 2 aromatic carbocycles. The number of sulfonamides is 1. The summed E-state index contributed by atoms with van der Waals surface area (Å²) in [6, 6.07) is 10.4. The number of nitrogens with zero attached hydrogens (tertiary/aromatic N) is 2. The van der Waals surface area contributed by atoms with E-state index >= 15 is 0 Å². The first-order valence-electron chi connectivity index (χ1n) is 13.9. The van der Waals surface area contributed by atoms with Gasteiger partial charge in [0.2, 0.25) is 10.0 Å².